The van der Waals surface area contributed by atoms with Gasteiger partial charge in [0.25, 0.3) is 0 Å². The molecule has 0 fully saturated rings. The summed E-state index contributed by atoms with van der Waals surface area (Å²) in [6.07, 6.45) is 1.98. The molecule has 6 nitrogen and oxygen atoms in total. The van der Waals surface area contributed by atoms with Crippen LogP contribution in [0.5, 0.6) is 0 Å². The molecule has 7 heteroatoms. The number of amides is 3. The van der Waals surface area contributed by atoms with Crippen molar-refractivity contribution in [3.8, 4) is 0 Å². The number of halogens is 1. The third kappa shape index (κ3) is 5.64. The summed E-state index contributed by atoms with van der Waals surface area (Å²) in [5.41, 5.74) is 0. The number of aromatic nitrogens is 1. The number of rotatable bonds is 6. The highest BCUT2D eigenvalue weighted by Crippen LogP contribution is 2.07. The molecule has 1 heterocycles. The third-order valence-electron chi connectivity index (χ3n) is 2.45. The number of anilines is 1. The van der Waals surface area contributed by atoms with Crippen LogP contribution in [0.2, 0.25) is 0 Å². The van der Waals surface area contributed by atoms with E-state index in [0.717, 1.165) is 0 Å². The van der Waals surface area contributed by atoms with Crippen LogP contribution in [-0.4, -0.2) is 30.0 Å². The number of hydrogen-bond donors (Lipinski definition) is 3. The lowest BCUT2D eigenvalue weighted by Crippen LogP contribution is -2.34. The second-order valence-electron chi connectivity index (χ2n) is 4.51. The zero-order valence-electron chi connectivity index (χ0n) is 11.6. The van der Waals surface area contributed by atoms with Crippen molar-refractivity contribution in [3.05, 3.63) is 24.1 Å². The number of nitrogens with one attached hydrogen (secondary N) is 3. The maximum Gasteiger partial charge on any atom is 0.320 e. The zero-order valence-corrected chi connectivity index (χ0v) is 11.6. The summed E-state index contributed by atoms with van der Waals surface area (Å²) in [4.78, 5) is 26.4. The Bertz CT molecular complexity index is 465. The van der Waals surface area contributed by atoms with Crippen LogP contribution in [0.25, 0.3) is 0 Å². The number of carbonyl (C=O) groups excluding carboxylic acids is 2. The smallest absolute Gasteiger partial charge is 0.320 e. The fourth-order valence-electron chi connectivity index (χ4n) is 1.34. The van der Waals surface area contributed by atoms with Gasteiger partial charge in [0, 0.05) is 25.2 Å². The molecule has 0 saturated heterocycles. The van der Waals surface area contributed by atoms with E-state index < -0.39 is 11.8 Å². The topological polar surface area (TPSA) is 83.1 Å². The van der Waals surface area contributed by atoms with Gasteiger partial charge in [0.2, 0.25) is 5.91 Å². The van der Waals surface area contributed by atoms with Crippen molar-refractivity contribution >= 4 is 17.8 Å². The van der Waals surface area contributed by atoms with Gasteiger partial charge in [0.1, 0.15) is 0 Å². The van der Waals surface area contributed by atoms with Gasteiger partial charge in [-0.15, -0.1) is 0 Å². The van der Waals surface area contributed by atoms with Crippen LogP contribution in [-0.2, 0) is 4.79 Å². The van der Waals surface area contributed by atoms with Crippen molar-refractivity contribution in [1.29, 1.82) is 0 Å². The van der Waals surface area contributed by atoms with Gasteiger partial charge in [-0.2, -0.15) is 0 Å². The van der Waals surface area contributed by atoms with E-state index in [9.17, 15) is 14.0 Å². The molecular formula is C13H19FN4O2. The minimum atomic E-state index is -0.591. The standard InChI is InChI=1S/C13H19FN4O2/c1-9(2)12(19)16-7-4-8-17-13(20)18-11-10(14)5-3-6-15-11/h3,5-6,9H,4,7-8H2,1-2H3,(H,16,19)(H2,15,17,18,20). The number of hydrogen-bond acceptors (Lipinski definition) is 3. The van der Waals surface area contributed by atoms with E-state index in [1.807, 2.05) is 13.8 Å². The average Bonchev–Trinajstić information content (AvgIpc) is 2.40. The molecule has 0 aromatic carbocycles. The summed E-state index contributed by atoms with van der Waals surface area (Å²) in [5, 5.41) is 7.59. The van der Waals surface area contributed by atoms with Crippen molar-refractivity contribution in [1.82, 2.24) is 15.6 Å². The third-order valence-corrected chi connectivity index (χ3v) is 2.45. The summed E-state index contributed by atoms with van der Waals surface area (Å²) in [6.45, 7) is 4.47. The SMILES string of the molecule is CC(C)C(=O)NCCCNC(=O)Nc1ncccc1F. The summed E-state index contributed by atoms with van der Waals surface area (Å²) in [5.74, 6) is -0.784. The fraction of sp³-hybridized carbons (Fsp3) is 0.462. The first-order chi connectivity index (χ1) is 9.50. The van der Waals surface area contributed by atoms with Crippen LogP contribution in [0.3, 0.4) is 0 Å². The van der Waals surface area contributed by atoms with Crippen molar-refractivity contribution in [3.63, 3.8) is 0 Å². The molecule has 0 radical (unpaired) electrons. The van der Waals surface area contributed by atoms with Crippen molar-refractivity contribution in [2.45, 2.75) is 20.3 Å². The lowest BCUT2D eigenvalue weighted by atomic mass is 10.2. The van der Waals surface area contributed by atoms with Gasteiger partial charge in [-0.1, -0.05) is 13.8 Å². The van der Waals surface area contributed by atoms with E-state index in [1.165, 1.54) is 18.3 Å². The Morgan fingerprint density at radius 3 is 2.65 bits per heavy atom. The number of urea groups is 1. The number of carbonyl (C=O) groups is 2. The normalized spacial score (nSPS) is 10.2. The van der Waals surface area contributed by atoms with Gasteiger partial charge in [-0.25, -0.2) is 14.2 Å². The summed E-state index contributed by atoms with van der Waals surface area (Å²) in [6, 6.07) is 2.12. The Kier molecular flexibility index (Phi) is 6.42. The molecule has 0 unspecified atom stereocenters. The maximum absolute atomic E-state index is 13.2. The van der Waals surface area contributed by atoms with E-state index in [1.54, 1.807) is 0 Å². The zero-order chi connectivity index (χ0) is 15.0. The van der Waals surface area contributed by atoms with Crippen LogP contribution < -0.4 is 16.0 Å². The summed E-state index contributed by atoms with van der Waals surface area (Å²) >= 11 is 0. The Morgan fingerprint density at radius 1 is 1.30 bits per heavy atom. The molecule has 0 aliphatic rings. The van der Waals surface area contributed by atoms with E-state index in [0.29, 0.717) is 19.5 Å². The molecule has 0 atom stereocenters. The molecule has 1 aromatic heterocycles. The Balaban J connectivity index is 2.18. The van der Waals surface area contributed by atoms with Gasteiger partial charge in [0.05, 0.1) is 0 Å². The first-order valence-corrected chi connectivity index (χ1v) is 6.43. The quantitative estimate of drug-likeness (QED) is 0.691. The van der Waals surface area contributed by atoms with E-state index in [4.69, 9.17) is 0 Å². The summed E-state index contributed by atoms with van der Waals surface area (Å²) in [7, 11) is 0. The molecule has 3 N–H and O–H groups in total. The van der Waals surface area contributed by atoms with Crippen molar-refractivity contribution in [2.75, 3.05) is 18.4 Å². The minimum Gasteiger partial charge on any atom is -0.356 e. The monoisotopic (exact) mass is 282 g/mol. The molecule has 0 aliphatic carbocycles. The van der Waals surface area contributed by atoms with Crippen LogP contribution in [0.1, 0.15) is 20.3 Å². The molecule has 1 aromatic rings. The second kappa shape index (κ2) is 8.08. The predicted molar refractivity (Wildman–Crippen MR) is 73.7 cm³/mol. The lowest BCUT2D eigenvalue weighted by molar-refractivity contribution is -0.123. The van der Waals surface area contributed by atoms with Crippen LogP contribution in [0.15, 0.2) is 18.3 Å². The predicted octanol–water partition coefficient (Wildman–Crippen LogP) is 1.50. The van der Waals surface area contributed by atoms with Crippen molar-refractivity contribution < 1.29 is 14.0 Å². The first kappa shape index (κ1) is 15.9. The van der Waals surface area contributed by atoms with Gasteiger partial charge in [-0.05, 0) is 18.6 Å². The average molecular weight is 282 g/mol. The number of pyridine rings is 1. The molecule has 0 spiro atoms. The van der Waals surface area contributed by atoms with Gasteiger partial charge < -0.3 is 10.6 Å². The Hall–Kier alpha value is -2.18. The van der Waals surface area contributed by atoms with Crippen LogP contribution >= 0.6 is 0 Å². The van der Waals surface area contributed by atoms with Crippen LogP contribution in [0.4, 0.5) is 15.0 Å². The Morgan fingerprint density at radius 2 is 2.00 bits per heavy atom. The van der Waals surface area contributed by atoms with Gasteiger partial charge in [-0.3, -0.25) is 10.1 Å². The van der Waals surface area contributed by atoms with Crippen LogP contribution in [0, 0.1) is 11.7 Å². The largest absolute Gasteiger partial charge is 0.356 e. The molecule has 1 rings (SSSR count). The minimum absolute atomic E-state index is 0.0231. The van der Waals surface area contributed by atoms with Gasteiger partial charge in [0.15, 0.2) is 11.6 Å². The highest BCUT2D eigenvalue weighted by molar-refractivity contribution is 5.88. The van der Waals surface area contributed by atoms with E-state index in [2.05, 4.69) is 20.9 Å². The van der Waals surface area contributed by atoms with Crippen molar-refractivity contribution in [2.24, 2.45) is 5.92 Å². The molecule has 0 bridgehead atoms. The van der Waals surface area contributed by atoms with Gasteiger partial charge >= 0.3 is 6.03 Å². The molecule has 110 valence electrons. The lowest BCUT2D eigenvalue weighted by Gasteiger charge is -2.09. The molecule has 0 saturated carbocycles. The highest BCUT2D eigenvalue weighted by atomic mass is 19.1. The van der Waals surface area contributed by atoms with E-state index in [-0.39, 0.29) is 17.6 Å². The molecule has 20 heavy (non-hydrogen) atoms. The number of nitrogens with zero attached hydrogens (tertiary/aromatic N) is 1. The molecule has 3 amide bonds. The maximum atomic E-state index is 13.2. The fourth-order valence-corrected chi connectivity index (χ4v) is 1.34. The Labute approximate surface area is 117 Å². The van der Waals surface area contributed by atoms with E-state index >= 15 is 0 Å². The second-order valence-corrected chi connectivity index (χ2v) is 4.51. The molecular weight excluding hydrogens is 263 g/mol. The highest BCUT2D eigenvalue weighted by Gasteiger charge is 2.07. The first-order valence-electron chi connectivity index (χ1n) is 6.43. The summed E-state index contributed by atoms with van der Waals surface area (Å²) < 4.78 is 13.2. The molecule has 0 aliphatic heterocycles.